The maximum Gasteiger partial charge on any atom is 0.143 e. The Morgan fingerprint density at radius 3 is 2.21 bits per heavy atom. The lowest BCUT2D eigenvalue weighted by molar-refractivity contribution is -0.110. The summed E-state index contributed by atoms with van der Waals surface area (Å²) in [5, 5.41) is 18.3. The molecule has 3 aromatic carbocycles. The predicted octanol–water partition coefficient (Wildman–Crippen LogP) is 5.84. The highest BCUT2D eigenvalue weighted by Gasteiger charge is 2.40. The molecule has 38 heavy (non-hydrogen) atoms. The third-order valence-corrected chi connectivity index (χ3v) is 7.29. The van der Waals surface area contributed by atoms with Crippen LogP contribution >= 0.6 is 0 Å². The Labute approximate surface area is 223 Å². The molecule has 1 aromatic heterocycles. The van der Waals surface area contributed by atoms with Crippen LogP contribution in [0.5, 0.6) is 11.5 Å². The van der Waals surface area contributed by atoms with E-state index in [0.717, 1.165) is 50.1 Å². The summed E-state index contributed by atoms with van der Waals surface area (Å²) in [7, 11) is 1.80. The summed E-state index contributed by atoms with van der Waals surface area (Å²) < 4.78 is 7.83. The van der Waals surface area contributed by atoms with E-state index in [0.29, 0.717) is 29.2 Å². The smallest absolute Gasteiger partial charge is 0.143 e. The van der Waals surface area contributed by atoms with Crippen LogP contribution in [0.2, 0.25) is 0 Å². The molecule has 1 saturated heterocycles. The van der Waals surface area contributed by atoms with Crippen molar-refractivity contribution in [2.75, 3.05) is 25.5 Å². The van der Waals surface area contributed by atoms with E-state index in [9.17, 15) is 10.1 Å². The van der Waals surface area contributed by atoms with Gasteiger partial charge in [-0.25, -0.2) is 4.68 Å². The zero-order valence-electron chi connectivity index (χ0n) is 21.5. The number of nitrogens with zero attached hydrogens (tertiary/aromatic N) is 4. The van der Waals surface area contributed by atoms with Crippen LogP contribution in [0.3, 0.4) is 0 Å². The van der Waals surface area contributed by atoms with Gasteiger partial charge in [0.1, 0.15) is 40.9 Å². The van der Waals surface area contributed by atoms with Crippen molar-refractivity contribution >= 4 is 12.1 Å². The molecule has 1 aliphatic rings. The second-order valence-electron chi connectivity index (χ2n) is 9.64. The highest BCUT2D eigenvalue weighted by atomic mass is 16.5. The quantitative estimate of drug-likeness (QED) is 0.288. The molecule has 1 N–H and O–H groups in total. The summed E-state index contributed by atoms with van der Waals surface area (Å²) in [5.74, 6) is 2.11. The largest absolute Gasteiger partial charge is 0.457 e. The molecule has 2 heterocycles. The van der Waals surface area contributed by atoms with Crippen molar-refractivity contribution in [1.29, 1.82) is 5.26 Å². The fourth-order valence-corrected chi connectivity index (χ4v) is 5.23. The summed E-state index contributed by atoms with van der Waals surface area (Å²) in [4.78, 5) is 14.3. The van der Waals surface area contributed by atoms with Crippen LogP contribution in [0.25, 0.3) is 11.3 Å². The minimum Gasteiger partial charge on any atom is -0.457 e. The van der Waals surface area contributed by atoms with Crippen molar-refractivity contribution < 1.29 is 9.53 Å². The molecule has 1 aliphatic heterocycles. The number of piperidine rings is 1. The van der Waals surface area contributed by atoms with Gasteiger partial charge in [0.25, 0.3) is 0 Å². The second-order valence-corrected chi connectivity index (χ2v) is 9.64. The molecular formula is C31H31N5O2. The van der Waals surface area contributed by atoms with Gasteiger partial charge in [0.2, 0.25) is 0 Å². The van der Waals surface area contributed by atoms with Gasteiger partial charge in [0, 0.05) is 38.7 Å². The Hall–Kier alpha value is -4.41. The van der Waals surface area contributed by atoms with Crippen molar-refractivity contribution in [2.45, 2.75) is 31.3 Å². The Balaban J connectivity index is 1.42. The normalized spacial score (nSPS) is 14.9. The number of carbonyl (C=O) groups is 1. The van der Waals surface area contributed by atoms with Gasteiger partial charge in [-0.3, -0.25) is 4.90 Å². The Kier molecular flexibility index (Phi) is 7.52. The number of para-hydroxylation sites is 1. The third kappa shape index (κ3) is 5.17. The third-order valence-electron chi connectivity index (χ3n) is 7.29. The van der Waals surface area contributed by atoms with E-state index in [4.69, 9.17) is 9.84 Å². The molecule has 0 atom stereocenters. The van der Waals surface area contributed by atoms with Crippen molar-refractivity contribution in [3.8, 4) is 28.8 Å². The summed E-state index contributed by atoms with van der Waals surface area (Å²) in [6.45, 7) is 2.56. The predicted molar refractivity (Wildman–Crippen MR) is 148 cm³/mol. The average Bonchev–Trinajstić information content (AvgIpc) is 3.35. The minimum absolute atomic E-state index is 0.344. The standard InChI is InChI=1S/C31H31N5O2/c1-33-30-28(22-32)29(25-12-14-27(15-13-25)38-26-10-6-3-7-11-26)34-36(30)31(18-21-37)16-19-35(20-17-31)23-24-8-4-2-5-9-24/h2-15,21,33H,16-20,23H2,1H3. The van der Waals surface area contributed by atoms with Gasteiger partial charge in [-0.05, 0) is 54.8 Å². The zero-order chi connectivity index (χ0) is 26.4. The second kappa shape index (κ2) is 11.3. The maximum atomic E-state index is 11.9. The molecule has 0 saturated carbocycles. The zero-order valence-corrected chi connectivity index (χ0v) is 21.5. The molecule has 7 nitrogen and oxygen atoms in total. The van der Waals surface area contributed by atoms with Crippen molar-refractivity contribution in [2.24, 2.45) is 0 Å². The van der Waals surface area contributed by atoms with E-state index in [1.54, 1.807) is 7.05 Å². The summed E-state index contributed by atoms with van der Waals surface area (Å²) in [6.07, 6.45) is 2.86. The fourth-order valence-electron chi connectivity index (χ4n) is 5.23. The van der Waals surface area contributed by atoms with Gasteiger partial charge in [0.05, 0.1) is 5.54 Å². The van der Waals surface area contributed by atoms with Crippen molar-refractivity contribution in [3.05, 3.63) is 96.1 Å². The summed E-state index contributed by atoms with van der Waals surface area (Å²) >= 11 is 0. The number of benzene rings is 3. The van der Waals surface area contributed by atoms with Crippen LogP contribution in [-0.4, -0.2) is 41.1 Å². The molecule has 7 heteroatoms. The van der Waals surface area contributed by atoms with E-state index < -0.39 is 5.54 Å². The molecule has 192 valence electrons. The lowest BCUT2D eigenvalue weighted by Gasteiger charge is -2.41. The SMILES string of the molecule is CNc1c(C#N)c(-c2ccc(Oc3ccccc3)cc2)nn1C1(CC=O)CCN(Cc2ccccc2)CC1. The van der Waals surface area contributed by atoms with Crippen LogP contribution < -0.4 is 10.1 Å². The van der Waals surface area contributed by atoms with Gasteiger partial charge in [0.15, 0.2) is 0 Å². The van der Waals surface area contributed by atoms with Crippen LogP contribution in [0.15, 0.2) is 84.9 Å². The Morgan fingerprint density at radius 1 is 0.974 bits per heavy atom. The topological polar surface area (TPSA) is 83.2 Å². The van der Waals surface area contributed by atoms with E-state index in [-0.39, 0.29) is 0 Å². The number of hydrogen-bond donors (Lipinski definition) is 1. The lowest BCUT2D eigenvalue weighted by atomic mass is 9.84. The van der Waals surface area contributed by atoms with Crippen molar-refractivity contribution in [3.63, 3.8) is 0 Å². The first-order valence-electron chi connectivity index (χ1n) is 12.9. The Bertz CT molecular complexity index is 1400. The highest BCUT2D eigenvalue weighted by Crippen LogP contribution is 2.40. The number of carbonyl (C=O) groups excluding carboxylic acids is 1. The maximum absolute atomic E-state index is 11.9. The first kappa shape index (κ1) is 25.2. The van der Waals surface area contributed by atoms with Crippen LogP contribution in [0, 0.1) is 11.3 Å². The number of aromatic nitrogens is 2. The molecule has 5 rings (SSSR count). The van der Waals surface area contributed by atoms with Gasteiger partial charge in [-0.2, -0.15) is 10.4 Å². The number of aldehydes is 1. The number of nitriles is 1. The first-order valence-corrected chi connectivity index (χ1v) is 12.9. The lowest BCUT2D eigenvalue weighted by Crippen LogP contribution is -2.47. The van der Waals surface area contributed by atoms with Gasteiger partial charge >= 0.3 is 0 Å². The number of rotatable bonds is 9. The van der Waals surface area contributed by atoms with Gasteiger partial charge in [-0.15, -0.1) is 0 Å². The molecule has 0 unspecified atom stereocenters. The molecular weight excluding hydrogens is 474 g/mol. The van der Waals surface area contributed by atoms with E-state index in [2.05, 4.69) is 40.6 Å². The van der Waals surface area contributed by atoms with Crippen LogP contribution in [0.4, 0.5) is 5.82 Å². The molecule has 0 bridgehead atoms. The van der Waals surface area contributed by atoms with Gasteiger partial charge in [-0.1, -0.05) is 48.5 Å². The number of likely N-dealkylation sites (tertiary alicyclic amines) is 1. The molecule has 4 aromatic rings. The summed E-state index contributed by atoms with van der Waals surface area (Å²) in [6, 6.07) is 30.0. The monoisotopic (exact) mass is 505 g/mol. The van der Waals surface area contributed by atoms with Crippen LogP contribution in [-0.2, 0) is 16.9 Å². The van der Waals surface area contributed by atoms with Crippen LogP contribution in [0.1, 0.15) is 30.4 Å². The first-order chi connectivity index (χ1) is 18.7. The molecule has 0 amide bonds. The van der Waals surface area contributed by atoms with Crippen molar-refractivity contribution in [1.82, 2.24) is 14.7 Å². The highest BCUT2D eigenvalue weighted by molar-refractivity contribution is 5.74. The molecule has 1 fully saturated rings. The summed E-state index contributed by atoms with van der Waals surface area (Å²) in [5.41, 5.74) is 2.67. The van der Waals surface area contributed by atoms with E-state index in [1.165, 1.54) is 5.56 Å². The number of anilines is 1. The molecule has 0 spiro atoms. The van der Waals surface area contributed by atoms with E-state index in [1.807, 2.05) is 65.3 Å². The van der Waals surface area contributed by atoms with E-state index >= 15 is 0 Å². The molecule has 0 aliphatic carbocycles. The minimum atomic E-state index is -0.493. The number of nitrogens with one attached hydrogen (secondary N) is 1. The number of hydrogen-bond acceptors (Lipinski definition) is 6. The Morgan fingerprint density at radius 2 is 1.61 bits per heavy atom. The van der Waals surface area contributed by atoms with Gasteiger partial charge < -0.3 is 14.8 Å². The average molecular weight is 506 g/mol. The number of ether oxygens (including phenoxy) is 1. The fraction of sp³-hybridized carbons (Fsp3) is 0.258. The molecule has 0 radical (unpaired) electrons.